The van der Waals surface area contributed by atoms with Gasteiger partial charge in [0.05, 0.1) is 52.4 Å². The van der Waals surface area contributed by atoms with Gasteiger partial charge in [0.25, 0.3) is 0 Å². The lowest BCUT2D eigenvalue weighted by atomic mass is 9.93. The quantitative estimate of drug-likeness (QED) is 0.280. The SMILES string of the molecule is C[C@H]1c2cc(OCc3ccc(C#N)cc3F)c(Cl)cc2CCN1Cc1nc2ccc(C(=O)O)cc2n1C[C@@H]1CCO1. The van der Waals surface area contributed by atoms with Crippen LogP contribution < -0.4 is 4.74 Å². The van der Waals surface area contributed by atoms with E-state index >= 15 is 0 Å². The molecule has 1 N–H and O–H groups in total. The van der Waals surface area contributed by atoms with Gasteiger partial charge in [-0.3, -0.25) is 4.90 Å². The molecule has 2 atom stereocenters. The van der Waals surface area contributed by atoms with Crippen LogP contribution in [0.2, 0.25) is 5.02 Å². The Morgan fingerprint density at radius 2 is 2.10 bits per heavy atom. The van der Waals surface area contributed by atoms with Gasteiger partial charge in [0.15, 0.2) is 0 Å². The number of carboxylic acid groups (broad SMARTS) is 1. The maximum absolute atomic E-state index is 14.4. The number of imidazole rings is 1. The molecule has 0 saturated carbocycles. The number of ether oxygens (including phenoxy) is 2. The smallest absolute Gasteiger partial charge is 0.335 e. The summed E-state index contributed by atoms with van der Waals surface area (Å²) in [5.41, 5.74) is 4.58. The van der Waals surface area contributed by atoms with Crippen molar-refractivity contribution in [3.8, 4) is 11.8 Å². The van der Waals surface area contributed by atoms with Crippen LogP contribution in [0.5, 0.6) is 5.75 Å². The van der Waals surface area contributed by atoms with Crippen molar-refractivity contribution < 1.29 is 23.8 Å². The summed E-state index contributed by atoms with van der Waals surface area (Å²) in [6.45, 7) is 4.83. The first-order valence-electron chi connectivity index (χ1n) is 13.5. The molecule has 3 aromatic carbocycles. The standard InChI is InChI=1S/C31H28ClFN4O4/c1-18-24-13-29(41-17-22-3-2-19(14-34)10-26(22)33)25(32)11-20(24)6-8-36(18)16-30-35-27-5-4-21(31(38)39)12-28(27)37(30)15-23-7-9-40-23/h2-5,10-13,18,23H,6-9,15-17H2,1H3,(H,38,39)/t18-,23-/m0/s1. The number of carbonyl (C=O) groups is 1. The van der Waals surface area contributed by atoms with Crippen LogP contribution in [0.15, 0.2) is 48.5 Å². The predicted molar refractivity (Wildman–Crippen MR) is 150 cm³/mol. The van der Waals surface area contributed by atoms with Gasteiger partial charge in [-0.1, -0.05) is 17.7 Å². The van der Waals surface area contributed by atoms with E-state index in [1.165, 1.54) is 6.07 Å². The highest BCUT2D eigenvalue weighted by molar-refractivity contribution is 6.32. The van der Waals surface area contributed by atoms with Crippen molar-refractivity contribution in [2.45, 2.75) is 51.6 Å². The average molecular weight is 575 g/mol. The van der Waals surface area contributed by atoms with Crippen molar-refractivity contribution in [2.75, 3.05) is 13.2 Å². The molecule has 41 heavy (non-hydrogen) atoms. The highest BCUT2D eigenvalue weighted by Crippen LogP contribution is 2.38. The van der Waals surface area contributed by atoms with E-state index < -0.39 is 11.8 Å². The fraction of sp³-hybridized carbons (Fsp3) is 0.323. The van der Waals surface area contributed by atoms with Crippen LogP contribution in [0.3, 0.4) is 0 Å². The van der Waals surface area contributed by atoms with E-state index in [0.29, 0.717) is 29.4 Å². The van der Waals surface area contributed by atoms with Crippen LogP contribution >= 0.6 is 11.6 Å². The van der Waals surface area contributed by atoms with Crippen molar-refractivity contribution >= 4 is 28.6 Å². The molecule has 0 spiro atoms. The van der Waals surface area contributed by atoms with Crippen LogP contribution in [-0.4, -0.2) is 44.8 Å². The average Bonchev–Trinajstić information content (AvgIpc) is 3.27. The van der Waals surface area contributed by atoms with Gasteiger partial charge in [-0.05, 0) is 73.4 Å². The van der Waals surface area contributed by atoms with E-state index in [-0.39, 0.29) is 29.9 Å². The van der Waals surface area contributed by atoms with Crippen molar-refractivity contribution in [3.05, 3.63) is 93.0 Å². The molecule has 210 valence electrons. The maximum atomic E-state index is 14.4. The summed E-state index contributed by atoms with van der Waals surface area (Å²) < 4.78 is 28.1. The topological polar surface area (TPSA) is 101 Å². The van der Waals surface area contributed by atoms with Gasteiger partial charge < -0.3 is 19.1 Å². The number of rotatable bonds is 8. The molecule has 0 amide bonds. The van der Waals surface area contributed by atoms with E-state index in [1.807, 2.05) is 18.2 Å². The molecule has 0 aliphatic carbocycles. The molecule has 8 nitrogen and oxygen atoms in total. The van der Waals surface area contributed by atoms with E-state index in [1.54, 1.807) is 30.3 Å². The zero-order valence-corrected chi connectivity index (χ0v) is 23.2. The van der Waals surface area contributed by atoms with Crippen LogP contribution in [0, 0.1) is 17.1 Å². The number of halogens is 2. The minimum atomic E-state index is -0.971. The van der Waals surface area contributed by atoms with Gasteiger partial charge in [0, 0.05) is 24.8 Å². The van der Waals surface area contributed by atoms with E-state index in [9.17, 15) is 14.3 Å². The molecule has 2 aliphatic heterocycles. The van der Waals surface area contributed by atoms with E-state index in [4.69, 9.17) is 31.3 Å². The summed E-state index contributed by atoms with van der Waals surface area (Å²) in [7, 11) is 0. The van der Waals surface area contributed by atoms with Crippen molar-refractivity contribution in [3.63, 3.8) is 0 Å². The minimum absolute atomic E-state index is 0.0141. The van der Waals surface area contributed by atoms with Crippen LogP contribution in [-0.2, 0) is 30.9 Å². The van der Waals surface area contributed by atoms with Gasteiger partial charge in [-0.2, -0.15) is 5.26 Å². The third-order valence-electron chi connectivity index (χ3n) is 8.02. The predicted octanol–water partition coefficient (Wildman–Crippen LogP) is 5.89. The molecular formula is C31H28ClFN4O4. The number of aromatic nitrogens is 2. The monoisotopic (exact) mass is 574 g/mol. The van der Waals surface area contributed by atoms with Gasteiger partial charge in [0.1, 0.15) is 24.0 Å². The Morgan fingerprint density at radius 3 is 2.80 bits per heavy atom. The molecule has 0 radical (unpaired) electrons. The molecule has 1 aromatic heterocycles. The van der Waals surface area contributed by atoms with Crippen LogP contribution in [0.1, 0.15) is 57.8 Å². The lowest BCUT2D eigenvalue weighted by molar-refractivity contribution is -0.0592. The third kappa shape index (κ3) is 5.38. The Bertz CT molecular complexity index is 1690. The second-order valence-corrected chi connectivity index (χ2v) is 10.9. The number of benzene rings is 3. The number of aromatic carboxylic acids is 1. The highest BCUT2D eigenvalue weighted by atomic mass is 35.5. The number of nitrogens with zero attached hydrogens (tertiary/aromatic N) is 4. The Morgan fingerprint density at radius 1 is 1.27 bits per heavy atom. The fourth-order valence-corrected chi connectivity index (χ4v) is 5.77. The lowest BCUT2D eigenvalue weighted by Gasteiger charge is -2.36. The second-order valence-electron chi connectivity index (χ2n) is 10.5. The molecule has 1 fully saturated rings. The molecule has 1 saturated heterocycles. The molecule has 4 aromatic rings. The van der Waals surface area contributed by atoms with Gasteiger partial charge >= 0.3 is 5.97 Å². The molecule has 0 unspecified atom stereocenters. The normalized spacial score (nSPS) is 18.5. The van der Waals surface area contributed by atoms with Crippen LogP contribution in [0.25, 0.3) is 11.0 Å². The molecule has 6 rings (SSSR count). The molecule has 2 aliphatic rings. The maximum Gasteiger partial charge on any atom is 0.335 e. The van der Waals surface area contributed by atoms with Crippen molar-refractivity contribution in [1.82, 2.24) is 14.5 Å². The Balaban J connectivity index is 1.25. The number of carboxylic acids is 1. The van der Waals surface area contributed by atoms with Crippen molar-refractivity contribution in [1.29, 1.82) is 5.26 Å². The molecule has 10 heteroatoms. The summed E-state index contributed by atoms with van der Waals surface area (Å²) in [5.74, 6) is -0.141. The van der Waals surface area contributed by atoms with Gasteiger partial charge in [-0.15, -0.1) is 0 Å². The first-order valence-corrected chi connectivity index (χ1v) is 13.9. The summed E-state index contributed by atoms with van der Waals surface area (Å²) in [5, 5.41) is 19.0. The lowest BCUT2D eigenvalue weighted by Crippen LogP contribution is -2.36. The summed E-state index contributed by atoms with van der Waals surface area (Å²) in [6, 6.07) is 15.1. The molecule has 3 heterocycles. The Kier molecular flexibility index (Phi) is 7.39. The number of nitriles is 1. The zero-order chi connectivity index (χ0) is 28.7. The summed E-state index contributed by atoms with van der Waals surface area (Å²) in [6.07, 6.45) is 1.84. The first kappa shape index (κ1) is 27.2. The largest absolute Gasteiger partial charge is 0.487 e. The van der Waals surface area contributed by atoms with Crippen LogP contribution in [0.4, 0.5) is 4.39 Å². The first-order chi connectivity index (χ1) is 19.8. The van der Waals surface area contributed by atoms with Gasteiger partial charge in [-0.25, -0.2) is 14.2 Å². The fourth-order valence-electron chi connectivity index (χ4n) is 5.53. The Hall–Kier alpha value is -3.97. The summed E-state index contributed by atoms with van der Waals surface area (Å²) in [4.78, 5) is 18.9. The van der Waals surface area contributed by atoms with Gasteiger partial charge in [0.2, 0.25) is 0 Å². The number of hydrogen-bond donors (Lipinski definition) is 1. The molecular weight excluding hydrogens is 547 g/mol. The number of fused-ring (bicyclic) bond motifs is 2. The highest BCUT2D eigenvalue weighted by Gasteiger charge is 2.29. The van der Waals surface area contributed by atoms with E-state index in [0.717, 1.165) is 54.0 Å². The minimum Gasteiger partial charge on any atom is -0.487 e. The zero-order valence-electron chi connectivity index (χ0n) is 22.4. The summed E-state index contributed by atoms with van der Waals surface area (Å²) >= 11 is 6.55. The van der Waals surface area contributed by atoms with E-state index in [2.05, 4.69) is 16.4 Å². The second kappa shape index (κ2) is 11.1. The number of hydrogen-bond acceptors (Lipinski definition) is 6. The Labute approximate surface area is 241 Å². The van der Waals surface area contributed by atoms with Crippen molar-refractivity contribution in [2.24, 2.45) is 0 Å². The third-order valence-corrected chi connectivity index (χ3v) is 8.32. The molecule has 0 bridgehead atoms.